The fourth-order valence-corrected chi connectivity index (χ4v) is 9.63. The molecule has 0 amide bonds. The number of nitrogens with zero attached hydrogens (tertiary/aromatic N) is 1. The van der Waals surface area contributed by atoms with Crippen LogP contribution in [-0.2, 0) is 5.41 Å². The maximum atomic E-state index is 7.06. The summed E-state index contributed by atoms with van der Waals surface area (Å²) in [7, 11) is 0. The highest BCUT2D eigenvalue weighted by Gasteiger charge is 2.41. The lowest BCUT2D eigenvalue weighted by atomic mass is 9.34. The molecule has 0 spiro atoms. The number of rotatable bonds is 5. The fraction of sp³-hybridized carbons (Fsp3) is 0.127. The second-order valence-corrected chi connectivity index (χ2v) is 17.5. The smallest absolute Gasteiger partial charge is 0.256 e. The maximum absolute atomic E-state index is 7.06. The van der Waals surface area contributed by atoms with Crippen molar-refractivity contribution in [2.45, 2.75) is 46.0 Å². The van der Waals surface area contributed by atoms with Crippen LogP contribution in [0.2, 0.25) is 0 Å². The van der Waals surface area contributed by atoms with Gasteiger partial charge in [0.1, 0.15) is 11.5 Å². The molecule has 58 heavy (non-hydrogen) atoms. The number of aromatic nitrogens is 1. The molecule has 11 rings (SSSR count). The van der Waals surface area contributed by atoms with Gasteiger partial charge in [-0.15, -0.1) is 0 Å². The lowest BCUT2D eigenvalue weighted by molar-refractivity contribution is 0.482. The molecule has 2 aliphatic heterocycles. The normalized spacial score (nSPS) is 12.8. The van der Waals surface area contributed by atoms with Crippen LogP contribution in [0.1, 0.15) is 51.7 Å². The number of fused-ring (bicyclic) bond motifs is 7. The fourth-order valence-electron chi connectivity index (χ4n) is 9.63. The van der Waals surface area contributed by atoms with Crippen LogP contribution in [0.25, 0.3) is 72.0 Å². The molecule has 0 fully saturated rings. The summed E-state index contributed by atoms with van der Waals surface area (Å²) in [6.07, 6.45) is 0. The Morgan fingerprint density at radius 2 is 1.09 bits per heavy atom. The Hall–Kier alpha value is -6.58. The van der Waals surface area contributed by atoms with Gasteiger partial charge in [0, 0.05) is 22.0 Å². The molecule has 278 valence electrons. The Morgan fingerprint density at radius 3 is 1.71 bits per heavy atom. The SMILES string of the molecule is CC(C)c1cc2c3c(c1)-n1c4ccc(-c5ccccc5-c5ccccc5)cc4c4cc(-c5ccccc5-c5ccccc5)cc(c41)B3c1ccc(C(C)(C)C)cc1O2. The average molecular weight is 746 g/mol. The second-order valence-electron chi connectivity index (χ2n) is 17.5. The van der Waals surface area contributed by atoms with Gasteiger partial charge in [0.15, 0.2) is 0 Å². The van der Waals surface area contributed by atoms with E-state index in [1.165, 1.54) is 99.5 Å². The van der Waals surface area contributed by atoms with Crippen molar-refractivity contribution in [2.24, 2.45) is 0 Å². The van der Waals surface area contributed by atoms with Gasteiger partial charge < -0.3 is 9.30 Å². The molecule has 9 aromatic rings. The van der Waals surface area contributed by atoms with Gasteiger partial charge >= 0.3 is 0 Å². The summed E-state index contributed by atoms with van der Waals surface area (Å²) in [6, 6.07) is 63.1. The van der Waals surface area contributed by atoms with Crippen molar-refractivity contribution in [2.75, 3.05) is 0 Å². The lowest BCUT2D eigenvalue weighted by Crippen LogP contribution is -2.58. The third-order valence-corrected chi connectivity index (χ3v) is 12.6. The largest absolute Gasteiger partial charge is 0.458 e. The summed E-state index contributed by atoms with van der Waals surface area (Å²) in [5.41, 5.74) is 19.9. The molecule has 0 N–H and O–H groups in total. The monoisotopic (exact) mass is 745 g/mol. The van der Waals surface area contributed by atoms with Crippen LogP contribution < -0.4 is 21.1 Å². The predicted molar refractivity (Wildman–Crippen MR) is 246 cm³/mol. The Kier molecular flexibility index (Phi) is 7.75. The zero-order valence-electron chi connectivity index (χ0n) is 33.7. The van der Waals surface area contributed by atoms with Gasteiger partial charge in [-0.1, -0.05) is 168 Å². The number of ether oxygens (including phenoxy) is 1. The highest BCUT2D eigenvalue weighted by Crippen LogP contribution is 2.44. The average Bonchev–Trinajstić information content (AvgIpc) is 3.58. The summed E-state index contributed by atoms with van der Waals surface area (Å²) in [4.78, 5) is 0. The van der Waals surface area contributed by atoms with Crippen LogP contribution in [0.3, 0.4) is 0 Å². The van der Waals surface area contributed by atoms with E-state index in [0.29, 0.717) is 5.92 Å². The number of hydrogen-bond donors (Lipinski definition) is 0. The molecule has 2 nitrogen and oxygen atoms in total. The molecular formula is C55H44BNO. The summed E-state index contributed by atoms with van der Waals surface area (Å²) in [5, 5.41) is 2.52. The minimum atomic E-state index is -0.00619. The summed E-state index contributed by atoms with van der Waals surface area (Å²) < 4.78 is 9.62. The van der Waals surface area contributed by atoms with E-state index >= 15 is 0 Å². The molecular weight excluding hydrogens is 701 g/mol. The second kappa shape index (κ2) is 13.0. The topological polar surface area (TPSA) is 14.2 Å². The predicted octanol–water partition coefficient (Wildman–Crippen LogP) is 12.8. The van der Waals surface area contributed by atoms with Gasteiger partial charge in [0.25, 0.3) is 6.71 Å². The van der Waals surface area contributed by atoms with Crippen molar-refractivity contribution < 1.29 is 4.74 Å². The van der Waals surface area contributed by atoms with E-state index in [9.17, 15) is 0 Å². The van der Waals surface area contributed by atoms with Crippen molar-refractivity contribution in [1.82, 2.24) is 4.57 Å². The van der Waals surface area contributed by atoms with Crippen LogP contribution in [0.15, 0.2) is 170 Å². The highest BCUT2D eigenvalue weighted by molar-refractivity contribution is 6.99. The summed E-state index contributed by atoms with van der Waals surface area (Å²) in [6.45, 7) is 11.4. The van der Waals surface area contributed by atoms with Crippen molar-refractivity contribution >= 4 is 44.9 Å². The third kappa shape index (κ3) is 5.33. The number of hydrogen-bond acceptors (Lipinski definition) is 1. The molecule has 0 bridgehead atoms. The van der Waals surface area contributed by atoms with E-state index in [1.54, 1.807) is 0 Å². The van der Waals surface area contributed by atoms with Crippen LogP contribution in [0, 0.1) is 0 Å². The maximum Gasteiger partial charge on any atom is 0.256 e. The first-order valence-electron chi connectivity index (χ1n) is 20.7. The minimum absolute atomic E-state index is 0.00501. The molecule has 0 atom stereocenters. The molecule has 3 heteroatoms. The van der Waals surface area contributed by atoms with Crippen molar-refractivity contribution in [3.8, 4) is 61.7 Å². The Morgan fingerprint density at radius 1 is 0.500 bits per heavy atom. The Bertz CT molecular complexity index is 3090. The molecule has 0 aliphatic carbocycles. The van der Waals surface area contributed by atoms with Gasteiger partial charge in [0.2, 0.25) is 0 Å². The molecule has 8 aromatic carbocycles. The first-order valence-corrected chi connectivity index (χ1v) is 20.7. The third-order valence-electron chi connectivity index (χ3n) is 12.6. The van der Waals surface area contributed by atoms with E-state index in [1.807, 2.05) is 0 Å². The quantitative estimate of drug-likeness (QED) is 0.160. The molecule has 3 heterocycles. The summed E-state index contributed by atoms with van der Waals surface area (Å²) in [5.74, 6) is 2.26. The van der Waals surface area contributed by atoms with E-state index < -0.39 is 0 Å². The Balaban J connectivity index is 1.26. The van der Waals surface area contributed by atoms with Crippen LogP contribution in [0.5, 0.6) is 11.5 Å². The highest BCUT2D eigenvalue weighted by atomic mass is 16.5. The zero-order chi connectivity index (χ0) is 39.3. The van der Waals surface area contributed by atoms with Crippen LogP contribution >= 0.6 is 0 Å². The zero-order valence-corrected chi connectivity index (χ0v) is 33.7. The van der Waals surface area contributed by atoms with E-state index in [0.717, 1.165) is 11.5 Å². The molecule has 0 saturated carbocycles. The van der Waals surface area contributed by atoms with Crippen LogP contribution in [0.4, 0.5) is 0 Å². The number of benzene rings is 8. The minimum Gasteiger partial charge on any atom is -0.458 e. The van der Waals surface area contributed by atoms with Crippen molar-refractivity contribution in [3.05, 3.63) is 181 Å². The van der Waals surface area contributed by atoms with Gasteiger partial charge in [-0.25, -0.2) is 0 Å². The summed E-state index contributed by atoms with van der Waals surface area (Å²) >= 11 is 0. The first-order chi connectivity index (χ1) is 28.2. The van der Waals surface area contributed by atoms with Gasteiger partial charge in [0.05, 0.1) is 5.52 Å². The molecule has 0 saturated heterocycles. The van der Waals surface area contributed by atoms with Gasteiger partial charge in [-0.2, -0.15) is 0 Å². The Labute approximate surface area is 341 Å². The standard InChI is InChI=1S/C55H44BNO/c1-34(2)38-31-50-53-52(32-38)58-51-33-40(55(3,4)5)25-26-47(51)56(53)48-30-39(44-23-15-13-21-42(44)36-18-10-7-11-19-36)29-46-45-28-37(24-27-49(45)57(50)54(46)48)43-22-14-12-20-41(43)35-16-8-6-9-17-35/h6-34H,1-5H3. The van der Waals surface area contributed by atoms with Gasteiger partial charge in [-0.3, -0.25) is 0 Å². The lowest BCUT2D eigenvalue weighted by Gasteiger charge is -2.35. The molecule has 0 radical (unpaired) electrons. The van der Waals surface area contributed by atoms with Gasteiger partial charge in [-0.05, 0) is 120 Å². The van der Waals surface area contributed by atoms with Crippen molar-refractivity contribution in [1.29, 1.82) is 0 Å². The van der Waals surface area contributed by atoms with Crippen LogP contribution in [-0.4, -0.2) is 11.3 Å². The van der Waals surface area contributed by atoms with E-state index in [2.05, 4.69) is 209 Å². The van der Waals surface area contributed by atoms with E-state index in [-0.39, 0.29) is 12.1 Å². The van der Waals surface area contributed by atoms with E-state index in [4.69, 9.17) is 4.74 Å². The molecule has 2 aliphatic rings. The molecule has 1 aromatic heterocycles. The van der Waals surface area contributed by atoms with Crippen molar-refractivity contribution in [3.63, 3.8) is 0 Å². The first kappa shape index (κ1) is 34.7. The molecule has 0 unspecified atom stereocenters.